The van der Waals surface area contributed by atoms with Gasteiger partial charge in [-0.2, -0.15) is 0 Å². The number of ether oxygens (including phenoxy) is 2. The molecule has 6 nitrogen and oxygen atoms in total. The standard InChI is InChI=1S/C22H23NO5S/c1-2-27-15-9-7-14(8-10-15)20(24)18-19(17-6-4-12-29-17)23(22(26)21(18)25)13-16-5-3-11-28-16/h4,6-10,12,16,19,24H,2-3,5,11,13H2,1H3. The van der Waals surface area contributed by atoms with Crippen molar-refractivity contribution in [3.8, 4) is 5.75 Å². The van der Waals surface area contributed by atoms with Gasteiger partial charge in [0.2, 0.25) is 0 Å². The number of thiophene rings is 1. The molecule has 29 heavy (non-hydrogen) atoms. The molecule has 2 atom stereocenters. The summed E-state index contributed by atoms with van der Waals surface area (Å²) in [5.41, 5.74) is 0.602. The van der Waals surface area contributed by atoms with Crippen LogP contribution < -0.4 is 4.74 Å². The number of likely N-dealkylation sites (tertiary alicyclic amines) is 1. The van der Waals surface area contributed by atoms with Gasteiger partial charge in [-0.1, -0.05) is 6.07 Å². The molecule has 1 N–H and O–H groups in total. The Morgan fingerprint density at radius 3 is 2.69 bits per heavy atom. The lowest BCUT2D eigenvalue weighted by molar-refractivity contribution is -0.140. The third kappa shape index (κ3) is 3.80. The fourth-order valence-electron chi connectivity index (χ4n) is 3.85. The number of benzene rings is 1. The van der Waals surface area contributed by atoms with E-state index in [1.165, 1.54) is 11.3 Å². The van der Waals surface area contributed by atoms with Crippen molar-refractivity contribution in [2.45, 2.75) is 31.9 Å². The summed E-state index contributed by atoms with van der Waals surface area (Å²) < 4.78 is 11.1. The number of aliphatic hydroxyl groups excluding tert-OH is 1. The van der Waals surface area contributed by atoms with Crippen molar-refractivity contribution in [2.75, 3.05) is 19.8 Å². The Morgan fingerprint density at radius 1 is 1.28 bits per heavy atom. The van der Waals surface area contributed by atoms with Gasteiger partial charge >= 0.3 is 0 Å². The van der Waals surface area contributed by atoms with Gasteiger partial charge in [0.25, 0.3) is 11.7 Å². The molecule has 152 valence electrons. The predicted octanol–water partition coefficient (Wildman–Crippen LogP) is 3.75. The van der Waals surface area contributed by atoms with Gasteiger partial charge < -0.3 is 19.5 Å². The normalized spacial score (nSPS) is 23.7. The molecule has 2 saturated heterocycles. The fourth-order valence-corrected chi connectivity index (χ4v) is 4.70. The summed E-state index contributed by atoms with van der Waals surface area (Å²) in [7, 11) is 0. The highest BCUT2D eigenvalue weighted by Crippen LogP contribution is 2.41. The molecule has 0 spiro atoms. The van der Waals surface area contributed by atoms with E-state index < -0.39 is 17.7 Å². The first kappa shape index (κ1) is 19.7. The van der Waals surface area contributed by atoms with Crippen molar-refractivity contribution >= 4 is 28.8 Å². The van der Waals surface area contributed by atoms with Gasteiger partial charge in [-0.05, 0) is 55.5 Å². The van der Waals surface area contributed by atoms with Crippen LogP contribution in [0.25, 0.3) is 5.76 Å². The third-order valence-corrected chi connectivity index (χ3v) is 6.14. The molecule has 0 bridgehead atoms. The zero-order valence-corrected chi connectivity index (χ0v) is 17.0. The summed E-state index contributed by atoms with van der Waals surface area (Å²) in [6.45, 7) is 3.44. The van der Waals surface area contributed by atoms with Gasteiger partial charge in [0.1, 0.15) is 11.5 Å². The SMILES string of the molecule is CCOc1ccc(C(O)=C2C(=O)C(=O)N(CC3CCCO3)C2c2cccs2)cc1. The van der Waals surface area contributed by atoms with Crippen LogP contribution in [0.3, 0.4) is 0 Å². The van der Waals surface area contributed by atoms with Crippen LogP contribution in [0.15, 0.2) is 47.4 Å². The maximum atomic E-state index is 12.9. The minimum atomic E-state index is -0.659. The first-order valence-electron chi connectivity index (χ1n) is 9.76. The second-order valence-corrected chi connectivity index (χ2v) is 8.04. The summed E-state index contributed by atoms with van der Waals surface area (Å²) in [4.78, 5) is 28.1. The van der Waals surface area contributed by atoms with Crippen LogP contribution in [0.5, 0.6) is 5.75 Å². The van der Waals surface area contributed by atoms with E-state index in [0.29, 0.717) is 31.1 Å². The summed E-state index contributed by atoms with van der Waals surface area (Å²) in [5.74, 6) is -0.739. The molecule has 2 aliphatic rings. The Kier molecular flexibility index (Phi) is 5.69. The highest BCUT2D eigenvalue weighted by molar-refractivity contribution is 7.10. The quantitative estimate of drug-likeness (QED) is 0.443. The van der Waals surface area contributed by atoms with Gasteiger partial charge in [-0.25, -0.2) is 0 Å². The van der Waals surface area contributed by atoms with E-state index in [1.54, 1.807) is 29.2 Å². The molecule has 4 rings (SSSR count). The van der Waals surface area contributed by atoms with Crippen molar-refractivity contribution in [2.24, 2.45) is 0 Å². The van der Waals surface area contributed by atoms with E-state index in [0.717, 1.165) is 17.7 Å². The van der Waals surface area contributed by atoms with E-state index >= 15 is 0 Å². The highest BCUT2D eigenvalue weighted by atomic mass is 32.1. The number of nitrogens with zero attached hydrogens (tertiary/aromatic N) is 1. The molecule has 0 aliphatic carbocycles. The maximum Gasteiger partial charge on any atom is 0.295 e. The second kappa shape index (κ2) is 8.39. The average molecular weight is 413 g/mol. The van der Waals surface area contributed by atoms with Crippen LogP contribution in [-0.4, -0.2) is 47.6 Å². The first-order valence-corrected chi connectivity index (χ1v) is 10.6. The van der Waals surface area contributed by atoms with Crippen molar-refractivity contribution in [1.82, 2.24) is 4.90 Å². The molecule has 1 aromatic heterocycles. The monoisotopic (exact) mass is 413 g/mol. The topological polar surface area (TPSA) is 76.1 Å². The van der Waals surface area contributed by atoms with E-state index in [4.69, 9.17) is 9.47 Å². The van der Waals surface area contributed by atoms with Gasteiger partial charge in [-0.3, -0.25) is 9.59 Å². The molecular weight excluding hydrogens is 390 g/mol. The summed E-state index contributed by atoms with van der Waals surface area (Å²) >= 11 is 1.46. The number of Topliss-reactive ketones (excluding diaryl/α,β-unsaturated/α-hetero) is 1. The zero-order valence-electron chi connectivity index (χ0n) is 16.2. The van der Waals surface area contributed by atoms with Gasteiger partial charge in [0.15, 0.2) is 0 Å². The number of rotatable bonds is 6. The Morgan fingerprint density at radius 2 is 2.07 bits per heavy atom. The van der Waals surface area contributed by atoms with Crippen molar-refractivity contribution in [3.63, 3.8) is 0 Å². The number of carbonyl (C=O) groups is 2. The Hall–Kier alpha value is -2.64. The van der Waals surface area contributed by atoms with Crippen molar-refractivity contribution in [1.29, 1.82) is 0 Å². The second-order valence-electron chi connectivity index (χ2n) is 7.06. The number of amides is 1. The van der Waals surface area contributed by atoms with Crippen molar-refractivity contribution in [3.05, 3.63) is 57.8 Å². The Bertz CT molecular complexity index is 913. The van der Waals surface area contributed by atoms with Crippen LogP contribution >= 0.6 is 11.3 Å². The molecule has 2 unspecified atom stereocenters. The van der Waals surface area contributed by atoms with Gasteiger partial charge in [0, 0.05) is 23.6 Å². The van der Waals surface area contributed by atoms with Crippen molar-refractivity contribution < 1.29 is 24.2 Å². The molecular formula is C22H23NO5S. The van der Waals surface area contributed by atoms with E-state index in [-0.39, 0.29) is 17.4 Å². The minimum Gasteiger partial charge on any atom is -0.507 e. The Labute approximate surface area is 173 Å². The summed E-state index contributed by atoms with van der Waals surface area (Å²) in [6.07, 6.45) is 1.73. The molecule has 2 fully saturated rings. The van der Waals surface area contributed by atoms with Crippen LogP contribution in [0.1, 0.15) is 36.2 Å². The third-order valence-electron chi connectivity index (χ3n) is 5.22. The largest absolute Gasteiger partial charge is 0.507 e. The minimum absolute atomic E-state index is 0.0822. The average Bonchev–Trinajstić information content (AvgIpc) is 3.47. The smallest absolute Gasteiger partial charge is 0.295 e. The molecule has 3 heterocycles. The van der Waals surface area contributed by atoms with Gasteiger partial charge in [0.05, 0.1) is 24.3 Å². The Balaban J connectivity index is 1.74. The maximum absolute atomic E-state index is 12.9. The van der Waals surface area contributed by atoms with Gasteiger partial charge in [-0.15, -0.1) is 11.3 Å². The van der Waals surface area contributed by atoms with Crippen LogP contribution in [-0.2, 0) is 14.3 Å². The number of aliphatic hydroxyl groups is 1. The number of hydrogen-bond donors (Lipinski definition) is 1. The predicted molar refractivity (Wildman–Crippen MR) is 110 cm³/mol. The zero-order chi connectivity index (χ0) is 20.4. The summed E-state index contributed by atoms with van der Waals surface area (Å²) in [6, 6.07) is 10.0. The molecule has 2 aliphatic heterocycles. The lowest BCUT2D eigenvalue weighted by atomic mass is 9.99. The fraction of sp³-hybridized carbons (Fsp3) is 0.364. The molecule has 1 amide bonds. The lowest BCUT2D eigenvalue weighted by Crippen LogP contribution is -2.36. The van der Waals surface area contributed by atoms with E-state index in [1.807, 2.05) is 24.4 Å². The molecule has 0 saturated carbocycles. The first-order chi connectivity index (χ1) is 14.1. The lowest BCUT2D eigenvalue weighted by Gasteiger charge is -2.26. The van der Waals surface area contributed by atoms with E-state index in [2.05, 4.69) is 0 Å². The molecule has 7 heteroatoms. The van der Waals surface area contributed by atoms with Crippen LogP contribution in [0.2, 0.25) is 0 Å². The number of hydrogen-bond acceptors (Lipinski definition) is 6. The summed E-state index contributed by atoms with van der Waals surface area (Å²) in [5, 5.41) is 12.9. The number of ketones is 1. The number of carbonyl (C=O) groups excluding carboxylic acids is 2. The van der Waals surface area contributed by atoms with E-state index in [9.17, 15) is 14.7 Å². The molecule has 1 aromatic carbocycles. The van der Waals surface area contributed by atoms with Crippen LogP contribution in [0, 0.1) is 0 Å². The molecule has 2 aromatic rings. The van der Waals surface area contributed by atoms with Crippen LogP contribution in [0.4, 0.5) is 0 Å². The highest BCUT2D eigenvalue weighted by Gasteiger charge is 2.47. The molecule has 0 radical (unpaired) electrons.